The smallest absolute Gasteiger partial charge is 0.303 e. The van der Waals surface area contributed by atoms with E-state index >= 15 is 0 Å². The standard InChI is InChI=1S/C23H27NO9/c1-12-10-17-8-6-7-9-18(17)24(12)23-22(32-16(5)28)21(31-15(4)27)20(30-14(3)26)19(33-23)11-29-13(2)25/h6-10,19-23H,11H2,1-5H3/t19-,20-,21+,22-,23-/m1/s1. The number of esters is 4. The van der Waals surface area contributed by atoms with Gasteiger partial charge in [0, 0.05) is 33.4 Å². The van der Waals surface area contributed by atoms with Gasteiger partial charge >= 0.3 is 23.9 Å². The van der Waals surface area contributed by atoms with Crippen LogP contribution in [0.25, 0.3) is 10.9 Å². The number of aryl methyl sites for hydroxylation is 1. The number of carbonyl (C=O) groups excluding carboxylic acids is 4. The molecule has 2 heterocycles. The Morgan fingerprint density at radius 1 is 0.848 bits per heavy atom. The molecule has 0 bridgehead atoms. The minimum Gasteiger partial charge on any atom is -0.463 e. The molecular weight excluding hydrogens is 434 g/mol. The minimum atomic E-state index is -1.21. The third-order valence-corrected chi connectivity index (χ3v) is 5.16. The number of ether oxygens (including phenoxy) is 5. The molecule has 0 radical (unpaired) electrons. The molecule has 1 aliphatic rings. The van der Waals surface area contributed by atoms with E-state index in [0.717, 1.165) is 16.6 Å². The first-order valence-electron chi connectivity index (χ1n) is 10.5. The predicted octanol–water partition coefficient (Wildman–Crippen LogP) is 2.21. The van der Waals surface area contributed by atoms with Gasteiger partial charge in [0.25, 0.3) is 0 Å². The van der Waals surface area contributed by atoms with Gasteiger partial charge in [0.2, 0.25) is 0 Å². The number of benzene rings is 1. The van der Waals surface area contributed by atoms with E-state index in [0.29, 0.717) is 0 Å². The highest BCUT2D eigenvalue weighted by Gasteiger charge is 2.53. The zero-order chi connectivity index (χ0) is 24.3. The van der Waals surface area contributed by atoms with Gasteiger partial charge < -0.3 is 28.3 Å². The molecule has 0 aliphatic carbocycles. The summed E-state index contributed by atoms with van der Waals surface area (Å²) in [6.07, 6.45) is -5.52. The van der Waals surface area contributed by atoms with Crippen LogP contribution in [-0.2, 0) is 42.9 Å². The molecule has 1 aromatic carbocycles. The Morgan fingerprint density at radius 2 is 1.42 bits per heavy atom. The summed E-state index contributed by atoms with van der Waals surface area (Å²) in [5.41, 5.74) is 1.58. The van der Waals surface area contributed by atoms with E-state index in [9.17, 15) is 19.2 Å². The first-order chi connectivity index (χ1) is 15.6. The van der Waals surface area contributed by atoms with Gasteiger partial charge in [0.1, 0.15) is 12.7 Å². The van der Waals surface area contributed by atoms with E-state index in [1.807, 2.05) is 41.8 Å². The topological polar surface area (TPSA) is 119 Å². The van der Waals surface area contributed by atoms with Crippen LogP contribution in [0.5, 0.6) is 0 Å². The van der Waals surface area contributed by atoms with Crippen molar-refractivity contribution < 1.29 is 42.9 Å². The van der Waals surface area contributed by atoms with Crippen molar-refractivity contribution in [2.45, 2.75) is 65.3 Å². The Hall–Kier alpha value is -3.40. The van der Waals surface area contributed by atoms with E-state index in [1.165, 1.54) is 27.7 Å². The number of hydrogen-bond donors (Lipinski definition) is 0. The molecule has 3 rings (SSSR count). The Morgan fingerprint density at radius 3 is 2.03 bits per heavy atom. The van der Waals surface area contributed by atoms with Crippen LogP contribution in [-0.4, -0.2) is 59.5 Å². The van der Waals surface area contributed by atoms with Crippen LogP contribution < -0.4 is 0 Å². The summed E-state index contributed by atoms with van der Waals surface area (Å²) in [6.45, 7) is 6.41. The third-order valence-electron chi connectivity index (χ3n) is 5.16. The molecule has 1 saturated heterocycles. The van der Waals surface area contributed by atoms with Gasteiger partial charge in [-0.2, -0.15) is 0 Å². The van der Waals surface area contributed by atoms with Gasteiger partial charge in [0.15, 0.2) is 24.5 Å². The van der Waals surface area contributed by atoms with E-state index in [-0.39, 0.29) is 6.61 Å². The second kappa shape index (κ2) is 10.0. The monoisotopic (exact) mass is 461 g/mol. The SMILES string of the molecule is CC(=O)OC[C@H]1O[C@@H](n2c(C)cc3ccccc32)[C@H](OC(C)=O)[C@@H](OC(C)=O)[C@@H]1OC(C)=O. The van der Waals surface area contributed by atoms with E-state index in [1.54, 1.807) is 0 Å². The van der Waals surface area contributed by atoms with Crippen LogP contribution in [0.3, 0.4) is 0 Å². The second-order valence-corrected chi connectivity index (χ2v) is 7.80. The number of hydrogen-bond acceptors (Lipinski definition) is 9. The van der Waals surface area contributed by atoms with Gasteiger partial charge in [-0.15, -0.1) is 0 Å². The molecule has 1 aromatic heterocycles. The fourth-order valence-electron chi connectivity index (χ4n) is 4.06. The highest BCUT2D eigenvalue weighted by atomic mass is 16.7. The maximum absolute atomic E-state index is 12.0. The molecule has 1 aliphatic heterocycles. The molecule has 2 aromatic rings. The van der Waals surface area contributed by atoms with Crippen LogP contribution in [0.2, 0.25) is 0 Å². The van der Waals surface area contributed by atoms with E-state index < -0.39 is 54.5 Å². The summed E-state index contributed by atoms with van der Waals surface area (Å²) >= 11 is 0. The number of aromatic nitrogens is 1. The molecule has 5 atom stereocenters. The Bertz CT molecular complexity index is 1060. The molecule has 0 unspecified atom stereocenters. The highest BCUT2D eigenvalue weighted by Crippen LogP contribution is 2.37. The first kappa shape index (κ1) is 24.2. The van der Waals surface area contributed by atoms with Crippen molar-refractivity contribution in [3.05, 3.63) is 36.0 Å². The molecule has 0 amide bonds. The lowest BCUT2D eigenvalue weighted by molar-refractivity contribution is -0.268. The number of nitrogens with zero attached hydrogens (tertiary/aromatic N) is 1. The van der Waals surface area contributed by atoms with Gasteiger partial charge in [-0.25, -0.2) is 0 Å². The first-order valence-corrected chi connectivity index (χ1v) is 10.5. The number of carbonyl (C=O) groups is 4. The van der Waals surface area contributed by atoms with Crippen molar-refractivity contribution in [1.82, 2.24) is 4.57 Å². The average Bonchev–Trinajstić information content (AvgIpc) is 3.04. The average molecular weight is 461 g/mol. The van der Waals surface area contributed by atoms with Crippen LogP contribution in [0.4, 0.5) is 0 Å². The largest absolute Gasteiger partial charge is 0.463 e. The number of fused-ring (bicyclic) bond motifs is 1. The molecule has 10 nitrogen and oxygen atoms in total. The van der Waals surface area contributed by atoms with Crippen LogP contribution >= 0.6 is 0 Å². The van der Waals surface area contributed by atoms with Gasteiger partial charge in [0.05, 0.1) is 5.52 Å². The van der Waals surface area contributed by atoms with E-state index in [2.05, 4.69) is 0 Å². The molecule has 0 N–H and O–H groups in total. The van der Waals surface area contributed by atoms with Crippen molar-refractivity contribution >= 4 is 34.8 Å². The van der Waals surface area contributed by atoms with Crippen molar-refractivity contribution in [1.29, 1.82) is 0 Å². The van der Waals surface area contributed by atoms with Crippen molar-refractivity contribution in [2.24, 2.45) is 0 Å². The van der Waals surface area contributed by atoms with Gasteiger partial charge in [-0.05, 0) is 24.4 Å². The molecule has 178 valence electrons. The molecule has 0 spiro atoms. The van der Waals surface area contributed by atoms with E-state index in [4.69, 9.17) is 23.7 Å². The Kier molecular flexibility index (Phi) is 7.37. The molecule has 33 heavy (non-hydrogen) atoms. The number of para-hydroxylation sites is 1. The zero-order valence-corrected chi connectivity index (χ0v) is 19.1. The Balaban J connectivity index is 2.15. The summed E-state index contributed by atoms with van der Waals surface area (Å²) < 4.78 is 29.7. The van der Waals surface area contributed by atoms with Crippen LogP contribution in [0.1, 0.15) is 39.6 Å². The molecule has 1 fully saturated rings. The van der Waals surface area contributed by atoms with Crippen LogP contribution in [0.15, 0.2) is 30.3 Å². The third kappa shape index (κ3) is 5.51. The molecular formula is C23H27NO9. The van der Waals surface area contributed by atoms with Gasteiger partial charge in [-0.1, -0.05) is 18.2 Å². The van der Waals surface area contributed by atoms with Crippen molar-refractivity contribution in [2.75, 3.05) is 6.61 Å². The summed E-state index contributed by atoms with van der Waals surface area (Å²) in [6, 6.07) is 9.47. The fraction of sp³-hybridized carbons (Fsp3) is 0.478. The lowest BCUT2D eigenvalue weighted by Crippen LogP contribution is -2.60. The fourth-order valence-corrected chi connectivity index (χ4v) is 4.06. The summed E-state index contributed by atoms with van der Waals surface area (Å²) in [5.74, 6) is -2.54. The second-order valence-electron chi connectivity index (χ2n) is 7.80. The van der Waals surface area contributed by atoms with Crippen molar-refractivity contribution in [3.8, 4) is 0 Å². The molecule has 10 heteroatoms. The predicted molar refractivity (Wildman–Crippen MR) is 114 cm³/mol. The lowest BCUT2D eigenvalue weighted by atomic mass is 9.96. The molecule has 0 saturated carbocycles. The lowest BCUT2D eigenvalue weighted by Gasteiger charge is -2.45. The minimum absolute atomic E-state index is 0.271. The highest BCUT2D eigenvalue weighted by molar-refractivity contribution is 5.81. The quantitative estimate of drug-likeness (QED) is 0.471. The summed E-state index contributed by atoms with van der Waals surface area (Å²) in [5, 5.41) is 0.919. The Labute approximate surface area is 190 Å². The van der Waals surface area contributed by atoms with Crippen molar-refractivity contribution in [3.63, 3.8) is 0 Å². The normalized spacial score (nSPS) is 24.7. The van der Waals surface area contributed by atoms with Crippen LogP contribution in [0, 0.1) is 6.92 Å². The summed E-state index contributed by atoms with van der Waals surface area (Å²) in [7, 11) is 0. The number of rotatable bonds is 6. The maximum Gasteiger partial charge on any atom is 0.303 e. The zero-order valence-electron chi connectivity index (χ0n) is 19.1. The summed E-state index contributed by atoms with van der Waals surface area (Å²) in [4.78, 5) is 47.3. The maximum atomic E-state index is 12.0. The van der Waals surface area contributed by atoms with Gasteiger partial charge in [-0.3, -0.25) is 19.2 Å².